The van der Waals surface area contributed by atoms with Crippen molar-refractivity contribution < 1.29 is 0 Å². The van der Waals surface area contributed by atoms with Crippen molar-refractivity contribution in [2.24, 2.45) is 0 Å². The van der Waals surface area contributed by atoms with Crippen molar-refractivity contribution in [2.45, 2.75) is 84.4 Å². The summed E-state index contributed by atoms with van der Waals surface area (Å²) in [5, 5.41) is 1.29. The Labute approximate surface area is 155 Å². The van der Waals surface area contributed by atoms with Gasteiger partial charge in [0.05, 0.1) is 5.56 Å². The minimum Gasteiger partial charge on any atom is -0.357 e. The normalized spacial score (nSPS) is 12.2. The fourth-order valence-corrected chi connectivity index (χ4v) is 9.69. The van der Waals surface area contributed by atoms with Crippen molar-refractivity contribution in [2.75, 3.05) is 0 Å². The van der Waals surface area contributed by atoms with Crippen LogP contribution in [0.3, 0.4) is 0 Å². The molecule has 0 atom stereocenters. The summed E-state index contributed by atoms with van der Waals surface area (Å²) >= 11 is 0. The second kappa shape index (κ2) is 8.28. The maximum atomic E-state index is 3.91. The summed E-state index contributed by atoms with van der Waals surface area (Å²) in [4.78, 5) is 3.64. The second-order valence-electron chi connectivity index (χ2n) is 8.27. The molecule has 0 amide bonds. The van der Waals surface area contributed by atoms with E-state index < -0.39 is 8.07 Å². The van der Waals surface area contributed by atoms with Crippen molar-refractivity contribution >= 4 is 19.0 Å². The lowest BCUT2D eigenvalue weighted by atomic mass is 10.1. The number of aromatic amines is 1. The van der Waals surface area contributed by atoms with Gasteiger partial charge in [0.25, 0.3) is 0 Å². The van der Waals surface area contributed by atoms with Crippen molar-refractivity contribution in [3.63, 3.8) is 0 Å². The molecule has 0 aliphatic heterocycles. The van der Waals surface area contributed by atoms with Crippen LogP contribution in [-0.4, -0.2) is 13.1 Å². The van der Waals surface area contributed by atoms with E-state index in [1.807, 2.05) is 0 Å². The molecule has 1 heterocycles. The summed E-state index contributed by atoms with van der Waals surface area (Å²) in [5.41, 5.74) is 9.73. The Morgan fingerprint density at radius 2 is 1.56 bits per heavy atom. The van der Waals surface area contributed by atoms with Gasteiger partial charge in [-0.3, -0.25) is 0 Å². The van der Waals surface area contributed by atoms with E-state index in [9.17, 15) is 0 Å². The summed E-state index contributed by atoms with van der Waals surface area (Å²) < 4.78 is 0. The molecule has 2 aromatic rings. The van der Waals surface area contributed by atoms with E-state index in [-0.39, 0.29) is 0 Å². The highest BCUT2D eigenvalue weighted by atomic mass is 28.3. The Morgan fingerprint density at radius 3 is 2.12 bits per heavy atom. The number of hydrogen-bond acceptors (Lipinski definition) is 0. The lowest BCUT2D eigenvalue weighted by Gasteiger charge is -2.38. The number of fused-ring (bicyclic) bond motifs is 1. The molecule has 0 aliphatic carbocycles. The molecule has 0 saturated heterocycles. The number of hydrogen-bond donors (Lipinski definition) is 1. The van der Waals surface area contributed by atoms with E-state index in [1.54, 1.807) is 0 Å². The third kappa shape index (κ3) is 3.87. The second-order valence-corrected chi connectivity index (χ2v) is 13.9. The molecule has 1 N–H and O–H groups in total. The predicted octanol–water partition coefficient (Wildman–Crippen LogP) is 7.08. The van der Waals surface area contributed by atoms with E-state index in [2.05, 4.69) is 89.2 Å². The number of rotatable bonds is 6. The number of para-hydroxylation sites is 1. The lowest BCUT2D eigenvalue weighted by molar-refractivity contribution is 0.781. The predicted molar refractivity (Wildman–Crippen MR) is 115 cm³/mol. The zero-order valence-corrected chi connectivity index (χ0v) is 18.2. The van der Waals surface area contributed by atoms with Crippen LogP contribution in [0.15, 0.2) is 24.3 Å². The van der Waals surface area contributed by atoms with Crippen molar-refractivity contribution in [3.05, 3.63) is 35.5 Å². The zero-order valence-electron chi connectivity index (χ0n) is 17.2. The standard InChI is InChI=1S/C23H35NSi/c1-8-9-13-22-21(20-12-10-11-14-23(20)24-22)15-16-25(17(2)3,18(4)5)19(6)7/h10-12,14,17-19,24H,8-9,13H2,1-7H3. The SMILES string of the molecule is CCCCc1[nH]c2ccccc2c1C#C[Si](C(C)C)(C(C)C)C(C)C. The summed E-state index contributed by atoms with van der Waals surface area (Å²) in [7, 11) is -1.70. The maximum absolute atomic E-state index is 3.91. The number of nitrogens with one attached hydrogen (secondary N) is 1. The maximum Gasteiger partial charge on any atom is 0.146 e. The lowest BCUT2D eigenvalue weighted by Crippen LogP contribution is -2.43. The number of aromatic nitrogens is 1. The fraction of sp³-hybridized carbons (Fsp3) is 0.565. The van der Waals surface area contributed by atoms with Crippen LogP contribution in [0.5, 0.6) is 0 Å². The fourth-order valence-electron chi connectivity index (χ4n) is 4.49. The minimum atomic E-state index is -1.70. The molecule has 25 heavy (non-hydrogen) atoms. The smallest absolute Gasteiger partial charge is 0.146 e. The minimum absolute atomic E-state index is 0.671. The molecule has 0 fully saturated rings. The molecule has 0 radical (unpaired) electrons. The molecular formula is C23H35NSi. The van der Waals surface area contributed by atoms with Gasteiger partial charge in [0.15, 0.2) is 0 Å². The summed E-state index contributed by atoms with van der Waals surface area (Å²) in [6.07, 6.45) is 3.52. The molecule has 136 valence electrons. The van der Waals surface area contributed by atoms with Gasteiger partial charge in [-0.05, 0) is 35.5 Å². The first-order valence-corrected chi connectivity index (χ1v) is 12.2. The van der Waals surface area contributed by atoms with E-state index in [1.165, 1.54) is 35.0 Å². The largest absolute Gasteiger partial charge is 0.357 e. The van der Waals surface area contributed by atoms with Gasteiger partial charge < -0.3 is 4.98 Å². The van der Waals surface area contributed by atoms with Crippen LogP contribution in [0, 0.1) is 11.5 Å². The van der Waals surface area contributed by atoms with Crippen LogP contribution in [0.4, 0.5) is 0 Å². The third-order valence-electron chi connectivity index (χ3n) is 5.83. The van der Waals surface area contributed by atoms with Crippen LogP contribution < -0.4 is 0 Å². The van der Waals surface area contributed by atoms with Crippen LogP contribution in [0.2, 0.25) is 16.6 Å². The van der Waals surface area contributed by atoms with Gasteiger partial charge in [-0.1, -0.05) is 79.0 Å². The van der Waals surface area contributed by atoms with Crippen molar-refractivity contribution in [3.8, 4) is 11.5 Å². The molecule has 0 unspecified atom stereocenters. The van der Waals surface area contributed by atoms with Crippen molar-refractivity contribution in [1.29, 1.82) is 0 Å². The van der Waals surface area contributed by atoms with E-state index >= 15 is 0 Å². The summed E-state index contributed by atoms with van der Waals surface area (Å²) in [5.74, 6) is 3.71. The monoisotopic (exact) mass is 353 g/mol. The molecule has 1 nitrogen and oxygen atoms in total. The molecule has 1 aromatic heterocycles. The van der Waals surface area contributed by atoms with Crippen LogP contribution in [-0.2, 0) is 6.42 Å². The number of unbranched alkanes of at least 4 members (excludes halogenated alkanes) is 1. The molecule has 2 rings (SSSR count). The van der Waals surface area contributed by atoms with Crippen LogP contribution >= 0.6 is 0 Å². The Hall–Kier alpha value is -1.46. The molecule has 0 aliphatic rings. The van der Waals surface area contributed by atoms with Crippen LogP contribution in [0.25, 0.3) is 10.9 Å². The Balaban J connectivity index is 2.60. The highest BCUT2D eigenvalue weighted by molar-refractivity contribution is 6.90. The van der Waals surface area contributed by atoms with Gasteiger partial charge in [0.2, 0.25) is 0 Å². The van der Waals surface area contributed by atoms with Gasteiger partial charge >= 0.3 is 0 Å². The van der Waals surface area contributed by atoms with Gasteiger partial charge in [-0.2, -0.15) is 0 Å². The molecule has 0 bridgehead atoms. The average Bonchev–Trinajstić information content (AvgIpc) is 2.90. The van der Waals surface area contributed by atoms with Gasteiger partial charge in [0.1, 0.15) is 8.07 Å². The van der Waals surface area contributed by atoms with E-state index in [4.69, 9.17) is 0 Å². The van der Waals surface area contributed by atoms with Gasteiger partial charge in [-0.15, -0.1) is 5.54 Å². The first kappa shape index (κ1) is 19.9. The number of H-pyrrole nitrogens is 1. The molecular weight excluding hydrogens is 318 g/mol. The average molecular weight is 354 g/mol. The Bertz CT molecular complexity index is 733. The first-order valence-electron chi connectivity index (χ1n) is 9.97. The van der Waals surface area contributed by atoms with Gasteiger partial charge in [-0.25, -0.2) is 0 Å². The molecule has 1 aromatic carbocycles. The Morgan fingerprint density at radius 1 is 0.960 bits per heavy atom. The third-order valence-corrected chi connectivity index (χ3v) is 12.1. The van der Waals surface area contributed by atoms with Gasteiger partial charge in [0, 0.05) is 16.6 Å². The molecule has 2 heteroatoms. The van der Waals surface area contributed by atoms with Crippen molar-refractivity contribution in [1.82, 2.24) is 4.98 Å². The van der Waals surface area contributed by atoms with Crippen LogP contribution in [0.1, 0.15) is 72.6 Å². The highest BCUT2D eigenvalue weighted by Gasteiger charge is 2.41. The topological polar surface area (TPSA) is 15.8 Å². The first-order chi connectivity index (χ1) is 11.8. The van der Waals surface area contributed by atoms with E-state index in [0.717, 1.165) is 6.42 Å². The Kier molecular flexibility index (Phi) is 6.57. The molecule has 0 spiro atoms. The number of aryl methyl sites for hydroxylation is 1. The van der Waals surface area contributed by atoms with E-state index in [0.29, 0.717) is 16.6 Å². The summed E-state index contributed by atoms with van der Waals surface area (Å²) in [6.45, 7) is 16.6. The summed E-state index contributed by atoms with van der Waals surface area (Å²) in [6, 6.07) is 8.63. The molecule has 0 saturated carbocycles. The number of benzene rings is 1. The zero-order chi connectivity index (χ0) is 18.6. The quantitative estimate of drug-likeness (QED) is 0.422. The highest BCUT2D eigenvalue weighted by Crippen LogP contribution is 2.41.